The van der Waals surface area contributed by atoms with E-state index in [0.29, 0.717) is 23.5 Å². The maximum absolute atomic E-state index is 12.1. The molecule has 0 radical (unpaired) electrons. The van der Waals surface area contributed by atoms with Gasteiger partial charge in [-0.15, -0.1) is 11.8 Å². The number of ether oxygens (including phenoxy) is 1. The van der Waals surface area contributed by atoms with Crippen molar-refractivity contribution in [2.45, 2.75) is 17.4 Å². The van der Waals surface area contributed by atoms with Crippen molar-refractivity contribution < 1.29 is 19.4 Å². The Morgan fingerprint density at radius 3 is 2.48 bits per heavy atom. The number of carbonyl (C=O) groups is 2. The minimum atomic E-state index is -0.857. The number of nitrogens with one attached hydrogen (secondary N) is 1. The second kappa shape index (κ2) is 8.13. The molecular weight excluding hydrogens is 366 g/mol. The zero-order chi connectivity index (χ0) is 19.4. The second-order valence-electron chi connectivity index (χ2n) is 6.10. The average molecular weight is 385 g/mol. The van der Waals surface area contributed by atoms with Crippen molar-refractivity contribution in [2.75, 3.05) is 17.2 Å². The van der Waals surface area contributed by atoms with Crippen molar-refractivity contribution in [1.29, 1.82) is 5.41 Å². The summed E-state index contributed by atoms with van der Waals surface area (Å²) in [5, 5.41) is 16.2. The van der Waals surface area contributed by atoms with Crippen LogP contribution in [0.25, 0.3) is 0 Å². The highest BCUT2D eigenvalue weighted by molar-refractivity contribution is 7.99. The number of carbonyl (C=O) groups excluding carboxylic acids is 1. The van der Waals surface area contributed by atoms with Crippen LogP contribution in [-0.2, 0) is 16.0 Å². The van der Waals surface area contributed by atoms with Gasteiger partial charge in [0.1, 0.15) is 11.9 Å². The van der Waals surface area contributed by atoms with Crippen LogP contribution < -0.4 is 10.6 Å². The Morgan fingerprint density at radius 1 is 1.22 bits per heavy atom. The predicted molar refractivity (Wildman–Crippen MR) is 104 cm³/mol. The number of aliphatic carboxylic acids is 1. The molecule has 1 amide bonds. The molecule has 0 bridgehead atoms. The van der Waals surface area contributed by atoms with Crippen LogP contribution in [-0.4, -0.2) is 41.4 Å². The monoisotopic (exact) mass is 385 g/mol. The molecule has 2 aromatic carbocycles. The van der Waals surface area contributed by atoms with Crippen molar-refractivity contribution in [3.05, 3.63) is 59.7 Å². The van der Waals surface area contributed by atoms with Gasteiger partial charge in [-0.3, -0.25) is 15.1 Å². The first-order chi connectivity index (χ1) is 12.9. The van der Waals surface area contributed by atoms with Crippen molar-refractivity contribution in [3.63, 3.8) is 0 Å². The minimum Gasteiger partial charge on any atom is -0.481 e. The topological polar surface area (TPSA) is 117 Å². The first-order valence-corrected chi connectivity index (χ1v) is 9.27. The van der Waals surface area contributed by atoms with Gasteiger partial charge in [-0.1, -0.05) is 12.1 Å². The molecule has 1 atom stereocenters. The van der Waals surface area contributed by atoms with Crippen molar-refractivity contribution >= 4 is 35.3 Å². The number of anilines is 1. The van der Waals surface area contributed by atoms with E-state index < -0.39 is 12.1 Å². The quantitative estimate of drug-likeness (QED) is 0.383. The molecule has 1 aliphatic heterocycles. The lowest BCUT2D eigenvalue weighted by Crippen LogP contribution is -2.25. The van der Waals surface area contributed by atoms with E-state index in [-0.39, 0.29) is 18.4 Å². The molecule has 0 aliphatic carbocycles. The van der Waals surface area contributed by atoms with E-state index in [9.17, 15) is 9.59 Å². The highest BCUT2D eigenvalue weighted by Gasteiger charge is 2.32. The summed E-state index contributed by atoms with van der Waals surface area (Å²) in [7, 11) is 0. The molecular formula is C19H19N3O4S. The summed E-state index contributed by atoms with van der Waals surface area (Å²) in [4.78, 5) is 25.4. The molecule has 0 saturated carbocycles. The van der Waals surface area contributed by atoms with E-state index >= 15 is 0 Å². The number of amides is 1. The summed E-state index contributed by atoms with van der Waals surface area (Å²) in [5.41, 5.74) is 7.50. The van der Waals surface area contributed by atoms with E-state index in [1.807, 2.05) is 12.1 Å². The summed E-state index contributed by atoms with van der Waals surface area (Å²) in [5.74, 6) is -0.273. The van der Waals surface area contributed by atoms with Gasteiger partial charge in [0, 0.05) is 21.9 Å². The third-order valence-electron chi connectivity index (χ3n) is 4.08. The van der Waals surface area contributed by atoms with Crippen LogP contribution in [0.5, 0.6) is 0 Å². The maximum Gasteiger partial charge on any atom is 0.414 e. The van der Waals surface area contributed by atoms with Crippen LogP contribution in [0.3, 0.4) is 0 Å². The Labute approximate surface area is 160 Å². The Kier molecular flexibility index (Phi) is 5.66. The number of amidine groups is 1. The van der Waals surface area contributed by atoms with E-state index in [4.69, 9.17) is 21.0 Å². The molecule has 1 saturated heterocycles. The summed E-state index contributed by atoms with van der Waals surface area (Å²) >= 11 is 1.55. The van der Waals surface area contributed by atoms with Gasteiger partial charge < -0.3 is 15.6 Å². The highest BCUT2D eigenvalue weighted by Crippen LogP contribution is 2.26. The van der Waals surface area contributed by atoms with E-state index in [1.165, 1.54) is 0 Å². The van der Waals surface area contributed by atoms with E-state index in [1.54, 1.807) is 53.1 Å². The zero-order valence-corrected chi connectivity index (χ0v) is 15.2. The molecule has 27 heavy (non-hydrogen) atoms. The maximum atomic E-state index is 12.1. The van der Waals surface area contributed by atoms with Gasteiger partial charge in [-0.25, -0.2) is 4.79 Å². The zero-order valence-electron chi connectivity index (χ0n) is 14.4. The van der Waals surface area contributed by atoms with Crippen LogP contribution in [0.4, 0.5) is 10.5 Å². The predicted octanol–water partition coefficient (Wildman–Crippen LogP) is 2.72. The molecule has 3 rings (SSSR count). The molecule has 1 unspecified atom stereocenters. The third kappa shape index (κ3) is 4.79. The molecule has 0 spiro atoms. The van der Waals surface area contributed by atoms with Crippen LogP contribution in [0, 0.1) is 5.41 Å². The van der Waals surface area contributed by atoms with Crippen molar-refractivity contribution in [2.24, 2.45) is 5.73 Å². The van der Waals surface area contributed by atoms with Gasteiger partial charge in [-0.2, -0.15) is 0 Å². The molecule has 140 valence electrons. The Hall–Kier alpha value is -3.00. The Morgan fingerprint density at radius 2 is 1.89 bits per heavy atom. The third-order valence-corrected chi connectivity index (χ3v) is 5.22. The SMILES string of the molecule is N=C(N)c1ccc(N2CC(CSc3ccc(CC(=O)O)cc3)OC2=O)cc1. The number of nitrogen functional groups attached to an aromatic ring is 1. The van der Waals surface area contributed by atoms with Gasteiger partial charge in [0.05, 0.1) is 13.0 Å². The molecule has 4 N–H and O–H groups in total. The first kappa shape index (κ1) is 18.8. The summed E-state index contributed by atoms with van der Waals surface area (Å²) in [6.45, 7) is 0.447. The van der Waals surface area contributed by atoms with Gasteiger partial charge in [0.25, 0.3) is 0 Å². The number of carboxylic acids is 1. The fourth-order valence-corrected chi connectivity index (χ4v) is 3.59. The van der Waals surface area contributed by atoms with Gasteiger partial charge >= 0.3 is 12.1 Å². The Balaban J connectivity index is 1.56. The molecule has 1 aliphatic rings. The number of nitrogens with zero attached hydrogens (tertiary/aromatic N) is 1. The number of nitrogens with two attached hydrogens (primary N) is 1. The molecule has 0 aromatic heterocycles. The molecule has 2 aromatic rings. The highest BCUT2D eigenvalue weighted by atomic mass is 32.2. The molecule has 1 fully saturated rings. The Bertz CT molecular complexity index is 852. The molecule has 1 heterocycles. The van der Waals surface area contributed by atoms with Crippen molar-refractivity contribution in [1.82, 2.24) is 0 Å². The summed E-state index contributed by atoms with van der Waals surface area (Å²) in [6, 6.07) is 14.2. The summed E-state index contributed by atoms with van der Waals surface area (Å²) < 4.78 is 5.43. The number of hydrogen-bond donors (Lipinski definition) is 3. The fraction of sp³-hybridized carbons (Fsp3) is 0.211. The number of benzene rings is 2. The lowest BCUT2D eigenvalue weighted by atomic mass is 10.2. The normalized spacial score (nSPS) is 16.2. The van der Waals surface area contributed by atoms with Gasteiger partial charge in [0.2, 0.25) is 0 Å². The number of hydrogen-bond acceptors (Lipinski definition) is 5. The van der Waals surface area contributed by atoms with Crippen LogP contribution in [0.2, 0.25) is 0 Å². The number of carboxylic acid groups (broad SMARTS) is 1. The van der Waals surface area contributed by atoms with Crippen molar-refractivity contribution in [3.8, 4) is 0 Å². The number of rotatable bonds is 7. The van der Waals surface area contributed by atoms with Crippen LogP contribution in [0.15, 0.2) is 53.4 Å². The molecule has 8 heteroatoms. The number of thioether (sulfide) groups is 1. The summed E-state index contributed by atoms with van der Waals surface area (Å²) in [6.07, 6.45) is -0.635. The van der Waals surface area contributed by atoms with Crippen LogP contribution in [0.1, 0.15) is 11.1 Å². The minimum absolute atomic E-state index is 0.00254. The molecule has 7 nitrogen and oxygen atoms in total. The first-order valence-electron chi connectivity index (χ1n) is 8.28. The van der Waals surface area contributed by atoms with Gasteiger partial charge in [0.15, 0.2) is 0 Å². The standard InChI is InChI=1S/C19H19N3O4S/c20-18(21)13-3-5-14(6-4-13)22-10-15(26-19(22)25)11-27-16-7-1-12(2-8-16)9-17(23)24/h1-8,15H,9-11H2,(H3,20,21)(H,23,24). The van der Waals surface area contributed by atoms with Crippen LogP contribution >= 0.6 is 11.8 Å². The van der Waals surface area contributed by atoms with E-state index in [0.717, 1.165) is 10.5 Å². The van der Waals surface area contributed by atoms with Gasteiger partial charge in [-0.05, 0) is 42.0 Å². The smallest absolute Gasteiger partial charge is 0.414 e. The second-order valence-corrected chi connectivity index (χ2v) is 7.20. The number of cyclic esters (lactones) is 1. The fourth-order valence-electron chi connectivity index (χ4n) is 2.71. The largest absolute Gasteiger partial charge is 0.481 e. The lowest BCUT2D eigenvalue weighted by Gasteiger charge is -2.13. The lowest BCUT2D eigenvalue weighted by molar-refractivity contribution is -0.136. The average Bonchev–Trinajstić information content (AvgIpc) is 3.01. The van der Waals surface area contributed by atoms with E-state index in [2.05, 4.69) is 0 Å².